The highest BCUT2D eigenvalue weighted by atomic mass is 16.5. The molecule has 0 radical (unpaired) electrons. The van der Waals surface area contributed by atoms with Gasteiger partial charge in [0, 0.05) is 0 Å². The molecule has 1 N–H and O–H groups in total. The van der Waals surface area contributed by atoms with Crippen molar-refractivity contribution in [2.24, 2.45) is 0 Å². The molecular formula is C14H18O3. The molecule has 0 unspecified atom stereocenters. The van der Waals surface area contributed by atoms with Gasteiger partial charge in [0.15, 0.2) is 0 Å². The second-order valence-electron chi connectivity index (χ2n) is 4.09. The molecule has 0 spiro atoms. The number of carbonyl (C=O) groups is 1. The van der Waals surface area contributed by atoms with Crippen LogP contribution in [0.4, 0.5) is 0 Å². The van der Waals surface area contributed by atoms with Crippen LogP contribution in [0.2, 0.25) is 0 Å². The zero-order valence-corrected chi connectivity index (χ0v) is 10.7. The molecule has 1 aromatic rings. The average Bonchev–Trinajstić information content (AvgIpc) is 2.21. The molecule has 0 aliphatic rings. The van der Waals surface area contributed by atoms with Crippen LogP contribution < -0.4 is 4.74 Å². The van der Waals surface area contributed by atoms with Crippen LogP contribution in [0.5, 0.6) is 5.75 Å². The van der Waals surface area contributed by atoms with Gasteiger partial charge in [-0.3, -0.25) is 0 Å². The van der Waals surface area contributed by atoms with E-state index in [2.05, 4.69) is 0 Å². The minimum Gasteiger partial charge on any atom is -0.494 e. The fourth-order valence-electron chi connectivity index (χ4n) is 1.75. The van der Waals surface area contributed by atoms with Crippen molar-refractivity contribution >= 4 is 11.5 Å². The number of allylic oxidation sites excluding steroid dienone is 1. The van der Waals surface area contributed by atoms with E-state index in [1.54, 1.807) is 19.9 Å². The lowest BCUT2D eigenvalue weighted by Crippen LogP contribution is -2.02. The lowest BCUT2D eigenvalue weighted by molar-refractivity contribution is -0.130. The average molecular weight is 234 g/mol. The van der Waals surface area contributed by atoms with Crippen molar-refractivity contribution in [1.29, 1.82) is 0 Å². The number of aryl methyl sites for hydroxylation is 1. The molecule has 0 amide bonds. The van der Waals surface area contributed by atoms with Crippen molar-refractivity contribution in [3.63, 3.8) is 0 Å². The minimum atomic E-state index is -0.895. The van der Waals surface area contributed by atoms with Gasteiger partial charge in [-0.1, -0.05) is 11.6 Å². The summed E-state index contributed by atoms with van der Waals surface area (Å²) in [6.07, 6.45) is 0. The normalized spacial score (nSPS) is 9.88. The Morgan fingerprint density at radius 3 is 2.41 bits per heavy atom. The summed E-state index contributed by atoms with van der Waals surface area (Å²) >= 11 is 0. The highest BCUT2D eigenvalue weighted by Gasteiger charge is 2.13. The zero-order chi connectivity index (χ0) is 13.0. The third-order valence-electron chi connectivity index (χ3n) is 2.48. The number of carboxylic acids is 1. The summed E-state index contributed by atoms with van der Waals surface area (Å²) in [5.74, 6) is -0.0942. The number of rotatable bonds is 4. The van der Waals surface area contributed by atoms with Gasteiger partial charge >= 0.3 is 5.97 Å². The number of carboxylic acid groups (broad SMARTS) is 1. The highest BCUT2D eigenvalue weighted by molar-refractivity contribution is 6.16. The SMILES string of the molecule is CCOc1ccc(C(C(=O)O)=C(C)C)cc1C. The molecule has 0 aliphatic heterocycles. The molecule has 0 heterocycles. The molecule has 0 aliphatic carbocycles. The summed E-state index contributed by atoms with van der Waals surface area (Å²) in [7, 11) is 0. The maximum atomic E-state index is 11.2. The Morgan fingerprint density at radius 2 is 2.00 bits per heavy atom. The first-order chi connectivity index (χ1) is 7.97. The number of aliphatic carboxylic acids is 1. The maximum absolute atomic E-state index is 11.2. The Bertz CT molecular complexity index is 455. The first-order valence-corrected chi connectivity index (χ1v) is 5.62. The van der Waals surface area contributed by atoms with Crippen LogP contribution in [0.3, 0.4) is 0 Å². The van der Waals surface area contributed by atoms with Crippen LogP contribution >= 0.6 is 0 Å². The van der Waals surface area contributed by atoms with Gasteiger partial charge < -0.3 is 9.84 Å². The molecule has 1 aromatic carbocycles. The Labute approximate surface area is 102 Å². The molecule has 0 saturated carbocycles. The Kier molecular flexibility index (Phi) is 4.32. The summed E-state index contributed by atoms with van der Waals surface area (Å²) in [5, 5.41) is 9.17. The van der Waals surface area contributed by atoms with E-state index < -0.39 is 5.97 Å². The molecule has 0 aromatic heterocycles. The molecule has 92 valence electrons. The van der Waals surface area contributed by atoms with E-state index in [0.29, 0.717) is 12.2 Å². The van der Waals surface area contributed by atoms with E-state index in [4.69, 9.17) is 4.74 Å². The van der Waals surface area contributed by atoms with Crippen molar-refractivity contribution in [1.82, 2.24) is 0 Å². The van der Waals surface area contributed by atoms with Gasteiger partial charge in [-0.05, 0) is 51.0 Å². The zero-order valence-electron chi connectivity index (χ0n) is 10.7. The van der Waals surface area contributed by atoms with Gasteiger partial charge in [0.2, 0.25) is 0 Å². The fourth-order valence-corrected chi connectivity index (χ4v) is 1.75. The van der Waals surface area contributed by atoms with Gasteiger partial charge in [0.1, 0.15) is 5.75 Å². The van der Waals surface area contributed by atoms with Crippen LogP contribution in [0.15, 0.2) is 23.8 Å². The van der Waals surface area contributed by atoms with Gasteiger partial charge in [-0.25, -0.2) is 4.79 Å². The second kappa shape index (κ2) is 5.53. The number of benzene rings is 1. The van der Waals surface area contributed by atoms with Crippen LogP contribution in [0.25, 0.3) is 5.57 Å². The van der Waals surface area contributed by atoms with Gasteiger partial charge in [-0.15, -0.1) is 0 Å². The first-order valence-electron chi connectivity index (χ1n) is 5.62. The molecule has 0 bridgehead atoms. The smallest absolute Gasteiger partial charge is 0.336 e. The van der Waals surface area contributed by atoms with Crippen molar-refractivity contribution in [3.8, 4) is 5.75 Å². The lowest BCUT2D eigenvalue weighted by atomic mass is 9.99. The standard InChI is InChI=1S/C14H18O3/c1-5-17-12-7-6-11(8-10(12)4)13(9(2)3)14(15)16/h6-8H,5H2,1-4H3,(H,15,16). The third kappa shape index (κ3) is 3.09. The summed E-state index contributed by atoms with van der Waals surface area (Å²) in [5.41, 5.74) is 2.82. The van der Waals surface area contributed by atoms with Crippen molar-refractivity contribution < 1.29 is 14.6 Å². The molecule has 3 nitrogen and oxygen atoms in total. The second-order valence-corrected chi connectivity index (χ2v) is 4.09. The maximum Gasteiger partial charge on any atom is 0.336 e. The molecule has 1 rings (SSSR count). The summed E-state index contributed by atoms with van der Waals surface area (Å²) < 4.78 is 5.43. The van der Waals surface area contributed by atoms with Crippen LogP contribution in [0.1, 0.15) is 31.9 Å². The Hall–Kier alpha value is -1.77. The summed E-state index contributed by atoms with van der Waals surface area (Å²) in [4.78, 5) is 11.2. The summed E-state index contributed by atoms with van der Waals surface area (Å²) in [6, 6.07) is 5.45. The van der Waals surface area contributed by atoms with Gasteiger partial charge in [0.25, 0.3) is 0 Å². The molecule has 0 atom stereocenters. The van der Waals surface area contributed by atoms with Crippen molar-refractivity contribution in [2.75, 3.05) is 6.61 Å². The predicted molar refractivity (Wildman–Crippen MR) is 68.3 cm³/mol. The van der Waals surface area contributed by atoms with Crippen LogP contribution in [-0.2, 0) is 4.79 Å². The number of hydrogen-bond donors (Lipinski definition) is 1. The molecular weight excluding hydrogens is 216 g/mol. The summed E-state index contributed by atoms with van der Waals surface area (Å²) in [6.45, 7) is 8.05. The van der Waals surface area contributed by atoms with E-state index in [-0.39, 0.29) is 0 Å². The number of hydrogen-bond acceptors (Lipinski definition) is 2. The number of ether oxygens (including phenoxy) is 1. The molecule has 17 heavy (non-hydrogen) atoms. The third-order valence-corrected chi connectivity index (χ3v) is 2.48. The largest absolute Gasteiger partial charge is 0.494 e. The van der Waals surface area contributed by atoms with E-state index in [1.807, 2.05) is 26.0 Å². The van der Waals surface area contributed by atoms with Gasteiger partial charge in [0.05, 0.1) is 12.2 Å². The minimum absolute atomic E-state index is 0.358. The van der Waals surface area contributed by atoms with E-state index in [1.165, 1.54) is 0 Å². The lowest BCUT2D eigenvalue weighted by Gasteiger charge is -2.10. The highest BCUT2D eigenvalue weighted by Crippen LogP contribution is 2.25. The molecule has 0 saturated heterocycles. The van der Waals surface area contributed by atoms with Crippen molar-refractivity contribution in [2.45, 2.75) is 27.7 Å². The first kappa shape index (κ1) is 13.3. The predicted octanol–water partition coefficient (Wildman–Crippen LogP) is 3.27. The van der Waals surface area contributed by atoms with Crippen LogP contribution in [-0.4, -0.2) is 17.7 Å². The Balaban J connectivity index is 3.21. The Morgan fingerprint density at radius 1 is 1.35 bits per heavy atom. The van der Waals surface area contributed by atoms with E-state index >= 15 is 0 Å². The topological polar surface area (TPSA) is 46.5 Å². The van der Waals surface area contributed by atoms with Crippen LogP contribution in [0, 0.1) is 6.92 Å². The fraction of sp³-hybridized carbons (Fsp3) is 0.357. The van der Waals surface area contributed by atoms with Crippen molar-refractivity contribution in [3.05, 3.63) is 34.9 Å². The molecule has 0 fully saturated rings. The van der Waals surface area contributed by atoms with E-state index in [0.717, 1.165) is 22.4 Å². The van der Waals surface area contributed by atoms with E-state index in [9.17, 15) is 9.90 Å². The van der Waals surface area contributed by atoms with Gasteiger partial charge in [-0.2, -0.15) is 0 Å². The quantitative estimate of drug-likeness (QED) is 0.813. The monoisotopic (exact) mass is 234 g/mol. The molecule has 3 heteroatoms.